The van der Waals surface area contributed by atoms with Gasteiger partial charge in [-0.2, -0.15) is 0 Å². The lowest BCUT2D eigenvalue weighted by Crippen LogP contribution is -2.35. The van der Waals surface area contributed by atoms with Gasteiger partial charge in [-0.05, 0) is 51.0 Å². The van der Waals surface area contributed by atoms with Crippen molar-refractivity contribution >= 4 is 17.7 Å². The normalized spacial score (nSPS) is 16.0. The van der Waals surface area contributed by atoms with Crippen LogP contribution in [0, 0.1) is 0 Å². The number of carbonyl (C=O) groups is 1. The fourth-order valence-electron chi connectivity index (χ4n) is 3.74. The van der Waals surface area contributed by atoms with Crippen LogP contribution in [0.3, 0.4) is 0 Å². The SMILES string of the molecule is CCn1c(SCC(=O)NC2CCCCCC2)nnc1C(C)Oc1ccc(OC)cc1. The first-order valence-electron chi connectivity index (χ1n) is 10.8. The van der Waals surface area contributed by atoms with Crippen LogP contribution < -0.4 is 14.8 Å². The minimum atomic E-state index is -0.264. The Bertz CT molecular complexity index is 801. The molecule has 164 valence electrons. The van der Waals surface area contributed by atoms with Crippen molar-refractivity contribution in [1.82, 2.24) is 20.1 Å². The summed E-state index contributed by atoms with van der Waals surface area (Å²) in [5, 5.41) is 12.6. The molecule has 1 heterocycles. The van der Waals surface area contributed by atoms with E-state index in [1.807, 2.05) is 42.7 Å². The second kappa shape index (κ2) is 11.2. The number of aromatic nitrogens is 3. The monoisotopic (exact) mass is 432 g/mol. The number of thioether (sulfide) groups is 1. The number of ether oxygens (including phenoxy) is 2. The highest BCUT2D eigenvalue weighted by Crippen LogP contribution is 2.26. The lowest BCUT2D eigenvalue weighted by Gasteiger charge is -2.17. The van der Waals surface area contributed by atoms with Gasteiger partial charge in [-0.15, -0.1) is 10.2 Å². The van der Waals surface area contributed by atoms with E-state index in [-0.39, 0.29) is 12.0 Å². The number of carbonyl (C=O) groups excluding carboxylic acids is 1. The maximum atomic E-state index is 12.4. The van der Waals surface area contributed by atoms with Gasteiger partial charge in [-0.1, -0.05) is 37.4 Å². The Morgan fingerprint density at radius 1 is 1.17 bits per heavy atom. The molecule has 0 radical (unpaired) electrons. The Hall–Kier alpha value is -2.22. The predicted molar refractivity (Wildman–Crippen MR) is 118 cm³/mol. The van der Waals surface area contributed by atoms with E-state index in [9.17, 15) is 4.79 Å². The first-order valence-corrected chi connectivity index (χ1v) is 11.7. The molecule has 1 amide bonds. The van der Waals surface area contributed by atoms with E-state index < -0.39 is 0 Å². The number of benzene rings is 1. The van der Waals surface area contributed by atoms with Gasteiger partial charge in [0.1, 0.15) is 11.5 Å². The zero-order valence-electron chi connectivity index (χ0n) is 18.1. The number of nitrogens with one attached hydrogen (secondary N) is 1. The van der Waals surface area contributed by atoms with Crippen molar-refractivity contribution in [3.63, 3.8) is 0 Å². The molecule has 7 nitrogen and oxygen atoms in total. The van der Waals surface area contributed by atoms with Gasteiger partial charge >= 0.3 is 0 Å². The fraction of sp³-hybridized carbons (Fsp3) is 0.591. The first-order chi connectivity index (χ1) is 14.6. The average Bonchev–Trinajstić information content (AvgIpc) is 3.01. The molecule has 3 rings (SSSR count). The number of amides is 1. The van der Waals surface area contributed by atoms with Gasteiger partial charge in [-0.3, -0.25) is 4.79 Å². The van der Waals surface area contributed by atoms with Crippen molar-refractivity contribution in [2.24, 2.45) is 0 Å². The summed E-state index contributed by atoms with van der Waals surface area (Å²) in [6.45, 7) is 4.71. The van der Waals surface area contributed by atoms with Crippen LogP contribution in [0.5, 0.6) is 11.5 Å². The molecule has 0 saturated heterocycles. The molecule has 1 saturated carbocycles. The van der Waals surface area contributed by atoms with Crippen LogP contribution in [0.25, 0.3) is 0 Å². The molecule has 1 unspecified atom stereocenters. The van der Waals surface area contributed by atoms with E-state index in [1.54, 1.807) is 7.11 Å². The van der Waals surface area contributed by atoms with Gasteiger partial charge in [0, 0.05) is 12.6 Å². The zero-order chi connectivity index (χ0) is 21.3. The summed E-state index contributed by atoms with van der Waals surface area (Å²) in [6.07, 6.45) is 6.88. The van der Waals surface area contributed by atoms with Gasteiger partial charge < -0.3 is 19.4 Å². The molecule has 1 aromatic heterocycles. The van der Waals surface area contributed by atoms with Gasteiger partial charge in [-0.25, -0.2) is 0 Å². The molecular formula is C22H32N4O3S. The lowest BCUT2D eigenvalue weighted by atomic mass is 10.1. The molecule has 30 heavy (non-hydrogen) atoms. The van der Waals surface area contributed by atoms with Crippen molar-refractivity contribution < 1.29 is 14.3 Å². The van der Waals surface area contributed by atoms with Crippen LogP contribution in [0.1, 0.15) is 64.3 Å². The van der Waals surface area contributed by atoms with Gasteiger partial charge in [0.25, 0.3) is 0 Å². The summed E-state index contributed by atoms with van der Waals surface area (Å²) in [5.74, 6) is 2.70. The third-order valence-corrected chi connectivity index (χ3v) is 6.32. The molecule has 0 aliphatic heterocycles. The first kappa shape index (κ1) is 22.5. The van der Waals surface area contributed by atoms with Crippen molar-refractivity contribution in [3.8, 4) is 11.5 Å². The van der Waals surface area contributed by atoms with E-state index in [2.05, 4.69) is 15.5 Å². The molecule has 1 aliphatic rings. The van der Waals surface area contributed by atoms with E-state index in [0.717, 1.165) is 35.3 Å². The second-order valence-electron chi connectivity index (χ2n) is 7.57. The van der Waals surface area contributed by atoms with E-state index >= 15 is 0 Å². The average molecular weight is 433 g/mol. The summed E-state index contributed by atoms with van der Waals surface area (Å²) < 4.78 is 13.2. The number of methoxy groups -OCH3 is 1. The highest BCUT2D eigenvalue weighted by molar-refractivity contribution is 7.99. The molecule has 8 heteroatoms. The van der Waals surface area contributed by atoms with Crippen LogP contribution in [0.15, 0.2) is 29.4 Å². The van der Waals surface area contributed by atoms with Gasteiger partial charge in [0.05, 0.1) is 12.9 Å². The molecule has 1 N–H and O–H groups in total. The Morgan fingerprint density at radius 2 is 1.83 bits per heavy atom. The predicted octanol–water partition coefficient (Wildman–Crippen LogP) is 4.38. The van der Waals surface area contributed by atoms with Crippen molar-refractivity contribution in [2.45, 2.75) is 76.2 Å². The summed E-state index contributed by atoms with van der Waals surface area (Å²) in [5.41, 5.74) is 0. The molecule has 0 bridgehead atoms. The quantitative estimate of drug-likeness (QED) is 0.468. The maximum Gasteiger partial charge on any atom is 0.230 e. The van der Waals surface area contributed by atoms with Crippen LogP contribution in [-0.4, -0.2) is 39.6 Å². The minimum absolute atomic E-state index is 0.0710. The fourth-order valence-corrected chi connectivity index (χ4v) is 4.56. The van der Waals surface area contributed by atoms with Crippen LogP contribution in [0.4, 0.5) is 0 Å². The Morgan fingerprint density at radius 3 is 2.47 bits per heavy atom. The Balaban J connectivity index is 1.56. The maximum absolute atomic E-state index is 12.4. The molecule has 0 spiro atoms. The summed E-state index contributed by atoms with van der Waals surface area (Å²) >= 11 is 1.43. The standard InChI is InChI=1S/C22H32N4O3S/c1-4-26-21(16(2)29-19-13-11-18(28-3)12-14-19)24-25-22(26)30-15-20(27)23-17-9-7-5-6-8-10-17/h11-14,16-17H,4-10,15H2,1-3H3,(H,23,27). The van der Waals surface area contributed by atoms with Crippen molar-refractivity contribution in [1.29, 1.82) is 0 Å². The second-order valence-corrected chi connectivity index (χ2v) is 8.51. The molecule has 1 fully saturated rings. The molecule has 1 atom stereocenters. The summed E-state index contributed by atoms with van der Waals surface area (Å²) in [4.78, 5) is 12.4. The molecule has 1 aliphatic carbocycles. The van der Waals surface area contributed by atoms with E-state index in [4.69, 9.17) is 9.47 Å². The van der Waals surface area contributed by atoms with Gasteiger partial charge in [0.15, 0.2) is 17.1 Å². The lowest BCUT2D eigenvalue weighted by molar-refractivity contribution is -0.119. The summed E-state index contributed by atoms with van der Waals surface area (Å²) in [7, 11) is 1.64. The molecular weight excluding hydrogens is 400 g/mol. The highest BCUT2D eigenvalue weighted by atomic mass is 32.2. The Labute approximate surface area is 182 Å². The number of nitrogens with zero attached hydrogens (tertiary/aromatic N) is 3. The van der Waals surface area contributed by atoms with Crippen molar-refractivity contribution in [2.75, 3.05) is 12.9 Å². The minimum Gasteiger partial charge on any atom is -0.497 e. The van der Waals surface area contributed by atoms with Crippen LogP contribution >= 0.6 is 11.8 Å². The molecule has 2 aromatic rings. The van der Waals surface area contributed by atoms with E-state index in [0.29, 0.717) is 18.3 Å². The topological polar surface area (TPSA) is 78.3 Å². The van der Waals surface area contributed by atoms with Crippen LogP contribution in [0.2, 0.25) is 0 Å². The smallest absolute Gasteiger partial charge is 0.230 e. The largest absolute Gasteiger partial charge is 0.497 e. The third kappa shape index (κ3) is 6.14. The molecule has 1 aromatic carbocycles. The Kier molecular flexibility index (Phi) is 8.42. The zero-order valence-corrected chi connectivity index (χ0v) is 18.9. The van der Waals surface area contributed by atoms with E-state index in [1.165, 1.54) is 37.4 Å². The number of hydrogen-bond acceptors (Lipinski definition) is 6. The van der Waals surface area contributed by atoms with Gasteiger partial charge in [0.2, 0.25) is 5.91 Å². The third-order valence-electron chi connectivity index (χ3n) is 5.35. The number of rotatable bonds is 9. The highest BCUT2D eigenvalue weighted by Gasteiger charge is 2.20. The summed E-state index contributed by atoms with van der Waals surface area (Å²) in [6, 6.07) is 7.78. The van der Waals surface area contributed by atoms with Crippen LogP contribution in [-0.2, 0) is 11.3 Å². The number of hydrogen-bond donors (Lipinski definition) is 1. The van der Waals surface area contributed by atoms with Crippen molar-refractivity contribution in [3.05, 3.63) is 30.1 Å².